The molecule has 8 heteroatoms. The number of nitrogens with zero attached hydrogens (tertiary/aromatic N) is 4. The molecule has 2 aliphatic heterocycles. The van der Waals surface area contributed by atoms with Crippen LogP contribution in [0.2, 0.25) is 5.02 Å². The van der Waals surface area contributed by atoms with Gasteiger partial charge in [-0.15, -0.1) is 0 Å². The Hall–Kier alpha value is -3.84. The lowest BCUT2D eigenvalue weighted by atomic mass is 9.85. The molecule has 3 aromatic carbocycles. The van der Waals surface area contributed by atoms with Gasteiger partial charge in [0.2, 0.25) is 5.91 Å². The molecule has 0 saturated carbocycles. The van der Waals surface area contributed by atoms with Crippen LogP contribution in [0.3, 0.4) is 0 Å². The first-order chi connectivity index (χ1) is 18.4. The van der Waals surface area contributed by atoms with E-state index in [2.05, 4.69) is 4.90 Å². The number of likely N-dealkylation sites (tertiary alicyclic amines) is 1. The second-order valence-corrected chi connectivity index (χ2v) is 10.4. The van der Waals surface area contributed by atoms with Crippen molar-refractivity contribution in [1.82, 2.24) is 14.7 Å². The molecule has 2 heterocycles. The molecule has 0 aromatic heterocycles. The molecule has 2 aliphatic rings. The molecule has 196 valence electrons. The first-order valence-electron chi connectivity index (χ1n) is 12.8. The molecule has 0 atom stereocenters. The van der Waals surface area contributed by atoms with Crippen molar-refractivity contribution in [3.8, 4) is 0 Å². The molecule has 1 spiro atoms. The number of rotatable bonds is 6. The van der Waals surface area contributed by atoms with Crippen molar-refractivity contribution in [2.24, 2.45) is 0 Å². The number of carbonyl (C=O) groups excluding carboxylic acids is 3. The summed E-state index contributed by atoms with van der Waals surface area (Å²) in [5.74, 6) is -0.257. The first kappa shape index (κ1) is 25.8. The number of anilines is 1. The molecular weight excluding hydrogens is 500 g/mol. The van der Waals surface area contributed by atoms with Gasteiger partial charge in [0.15, 0.2) is 0 Å². The lowest BCUT2D eigenvalue weighted by Crippen LogP contribution is -2.57. The summed E-state index contributed by atoms with van der Waals surface area (Å²) in [4.78, 5) is 47.5. The number of hydrogen-bond acceptors (Lipinski definition) is 4. The number of benzene rings is 3. The lowest BCUT2D eigenvalue weighted by molar-refractivity contribution is -0.140. The Balaban J connectivity index is 1.33. The molecule has 0 bridgehead atoms. The average Bonchev–Trinajstić information content (AvgIpc) is 3.20. The second-order valence-electron chi connectivity index (χ2n) is 9.98. The zero-order valence-electron chi connectivity index (χ0n) is 21.4. The molecule has 3 amide bonds. The lowest BCUT2D eigenvalue weighted by Gasteiger charge is -2.43. The Morgan fingerprint density at radius 1 is 0.921 bits per heavy atom. The fourth-order valence-electron chi connectivity index (χ4n) is 5.44. The predicted molar refractivity (Wildman–Crippen MR) is 148 cm³/mol. The summed E-state index contributed by atoms with van der Waals surface area (Å²) in [6, 6.07) is 26.6. The Labute approximate surface area is 228 Å². The second kappa shape index (κ2) is 10.9. The number of amides is 3. The van der Waals surface area contributed by atoms with Gasteiger partial charge in [-0.1, -0.05) is 66.2 Å². The molecule has 0 unspecified atom stereocenters. The molecular formula is C30H31ClN4O3. The highest BCUT2D eigenvalue weighted by Crippen LogP contribution is 2.39. The Kier molecular flexibility index (Phi) is 7.38. The molecule has 0 aliphatic carbocycles. The first-order valence-corrected chi connectivity index (χ1v) is 13.2. The van der Waals surface area contributed by atoms with Crippen molar-refractivity contribution in [1.29, 1.82) is 0 Å². The van der Waals surface area contributed by atoms with Crippen LogP contribution in [0, 0.1) is 0 Å². The van der Waals surface area contributed by atoms with Gasteiger partial charge in [-0.05, 0) is 48.7 Å². The van der Waals surface area contributed by atoms with E-state index in [1.807, 2.05) is 60.7 Å². The fraction of sp³-hybridized carbons (Fsp3) is 0.300. The standard InChI is InChI=1S/C30H31ClN4O3/c1-32(20-23-9-4-2-5-10-23)27(36)21-34-22-35(26-13-6-3-7-14-26)30(29(34)38)15-17-33(18-16-30)28(37)24-11-8-12-25(31)19-24/h2-14,19H,15-18,20-22H2,1H3. The highest BCUT2D eigenvalue weighted by atomic mass is 35.5. The number of hydrogen-bond donors (Lipinski definition) is 0. The third-order valence-electron chi connectivity index (χ3n) is 7.55. The van der Waals surface area contributed by atoms with Crippen molar-refractivity contribution in [2.75, 3.05) is 38.3 Å². The van der Waals surface area contributed by atoms with Crippen LogP contribution >= 0.6 is 11.6 Å². The van der Waals surface area contributed by atoms with Crippen LogP contribution in [-0.4, -0.2) is 71.3 Å². The van der Waals surface area contributed by atoms with Crippen molar-refractivity contribution < 1.29 is 14.4 Å². The Bertz CT molecular complexity index is 1310. The minimum absolute atomic E-state index is 0.0123. The van der Waals surface area contributed by atoms with Gasteiger partial charge < -0.3 is 19.6 Å². The summed E-state index contributed by atoms with van der Waals surface area (Å²) < 4.78 is 0. The van der Waals surface area contributed by atoms with Gasteiger partial charge in [-0.2, -0.15) is 0 Å². The predicted octanol–water partition coefficient (Wildman–Crippen LogP) is 4.28. The van der Waals surface area contributed by atoms with E-state index in [-0.39, 0.29) is 24.3 Å². The van der Waals surface area contributed by atoms with Crippen molar-refractivity contribution >= 4 is 35.0 Å². The van der Waals surface area contributed by atoms with Crippen molar-refractivity contribution in [3.05, 3.63) is 101 Å². The van der Waals surface area contributed by atoms with Crippen LogP contribution in [0.25, 0.3) is 0 Å². The monoisotopic (exact) mass is 530 g/mol. The molecule has 38 heavy (non-hydrogen) atoms. The maximum atomic E-state index is 14.0. The molecule has 7 nitrogen and oxygen atoms in total. The maximum absolute atomic E-state index is 14.0. The SMILES string of the molecule is CN(Cc1ccccc1)C(=O)CN1CN(c2ccccc2)C2(CCN(C(=O)c3cccc(Cl)c3)CC2)C1=O. The van der Waals surface area contributed by atoms with Gasteiger partial charge in [0.25, 0.3) is 11.8 Å². The number of halogens is 1. The highest BCUT2D eigenvalue weighted by Gasteiger charge is 2.54. The van der Waals surface area contributed by atoms with E-state index in [9.17, 15) is 14.4 Å². The molecule has 2 saturated heterocycles. The van der Waals surface area contributed by atoms with E-state index in [1.54, 1.807) is 46.0 Å². The van der Waals surface area contributed by atoms with E-state index in [1.165, 1.54) is 0 Å². The van der Waals surface area contributed by atoms with Gasteiger partial charge >= 0.3 is 0 Å². The fourth-order valence-corrected chi connectivity index (χ4v) is 5.63. The van der Waals surface area contributed by atoms with Gasteiger partial charge in [0, 0.05) is 43.0 Å². The third-order valence-corrected chi connectivity index (χ3v) is 7.78. The smallest absolute Gasteiger partial charge is 0.253 e. The van der Waals surface area contributed by atoms with E-state index >= 15 is 0 Å². The normalized spacial score (nSPS) is 16.7. The topological polar surface area (TPSA) is 64.2 Å². The zero-order valence-corrected chi connectivity index (χ0v) is 22.2. The molecule has 5 rings (SSSR count). The molecule has 0 radical (unpaired) electrons. The Morgan fingerprint density at radius 3 is 2.24 bits per heavy atom. The minimum atomic E-state index is -0.801. The summed E-state index contributed by atoms with van der Waals surface area (Å²) >= 11 is 6.10. The van der Waals surface area contributed by atoms with E-state index in [4.69, 9.17) is 11.6 Å². The van der Waals surface area contributed by atoms with Gasteiger partial charge in [0.05, 0.1) is 6.67 Å². The third kappa shape index (κ3) is 5.11. The van der Waals surface area contributed by atoms with Gasteiger partial charge in [-0.25, -0.2) is 0 Å². The van der Waals surface area contributed by atoms with Crippen LogP contribution in [0.1, 0.15) is 28.8 Å². The quantitative estimate of drug-likeness (QED) is 0.477. The number of para-hydroxylation sites is 1. The number of likely N-dealkylation sites (N-methyl/N-ethyl adjacent to an activating group) is 1. The van der Waals surface area contributed by atoms with E-state index in [0.29, 0.717) is 49.7 Å². The van der Waals surface area contributed by atoms with E-state index in [0.717, 1.165) is 11.3 Å². The summed E-state index contributed by atoms with van der Waals surface area (Å²) in [6.45, 7) is 1.70. The minimum Gasteiger partial charge on any atom is -0.340 e. The van der Waals surface area contributed by atoms with Crippen LogP contribution in [0.4, 0.5) is 5.69 Å². The average molecular weight is 531 g/mol. The van der Waals surface area contributed by atoms with Gasteiger partial charge in [0.1, 0.15) is 12.1 Å². The Morgan fingerprint density at radius 2 is 1.58 bits per heavy atom. The van der Waals surface area contributed by atoms with E-state index < -0.39 is 5.54 Å². The van der Waals surface area contributed by atoms with Crippen molar-refractivity contribution in [3.63, 3.8) is 0 Å². The number of carbonyl (C=O) groups is 3. The van der Waals surface area contributed by atoms with Crippen molar-refractivity contribution in [2.45, 2.75) is 24.9 Å². The summed E-state index contributed by atoms with van der Waals surface area (Å²) in [6.07, 6.45) is 0.967. The summed E-state index contributed by atoms with van der Waals surface area (Å²) in [5.41, 5.74) is 1.71. The summed E-state index contributed by atoms with van der Waals surface area (Å²) in [7, 11) is 1.76. The largest absolute Gasteiger partial charge is 0.340 e. The van der Waals surface area contributed by atoms with Crippen LogP contribution in [0.15, 0.2) is 84.9 Å². The highest BCUT2D eigenvalue weighted by molar-refractivity contribution is 6.31. The van der Waals surface area contributed by atoms with Crippen LogP contribution in [-0.2, 0) is 16.1 Å². The zero-order chi connectivity index (χ0) is 26.7. The van der Waals surface area contributed by atoms with Crippen LogP contribution < -0.4 is 4.90 Å². The van der Waals surface area contributed by atoms with Crippen LogP contribution in [0.5, 0.6) is 0 Å². The molecule has 0 N–H and O–H groups in total. The number of piperidine rings is 1. The molecule has 2 fully saturated rings. The molecule has 3 aromatic rings. The maximum Gasteiger partial charge on any atom is 0.253 e. The van der Waals surface area contributed by atoms with Gasteiger partial charge in [-0.3, -0.25) is 14.4 Å². The summed E-state index contributed by atoms with van der Waals surface area (Å²) in [5, 5.41) is 0.517.